The highest BCUT2D eigenvalue weighted by Gasteiger charge is 2.20. The standard InChI is InChI=1S/C26H28N4O.3C2H6.CH5N/c1-2-30-24-6-4-3-5-21(24)22-14-19(10-12-25(22)30)26(31)28-16-17-7-8-18-9-11-20(15-27)29-23(18)13-17;4*1-2/h7-14H,2-6,15-16,27H2,1H3,(H,28,31);3*1-2H3;2H2,1H3. The summed E-state index contributed by atoms with van der Waals surface area (Å²) in [5, 5.41) is 5.39. The molecule has 5 N–H and O–H groups in total. The van der Waals surface area contributed by atoms with Gasteiger partial charge in [-0.2, -0.15) is 0 Å². The van der Waals surface area contributed by atoms with Gasteiger partial charge in [0.2, 0.25) is 0 Å². The predicted octanol–water partition coefficient (Wildman–Crippen LogP) is 7.13. The van der Waals surface area contributed by atoms with Crippen LogP contribution >= 0.6 is 0 Å². The molecule has 0 atom stereocenters. The zero-order valence-electron chi connectivity index (χ0n) is 25.5. The molecular weight excluding hydrogens is 482 g/mol. The summed E-state index contributed by atoms with van der Waals surface area (Å²) in [5.41, 5.74) is 17.9. The van der Waals surface area contributed by atoms with E-state index >= 15 is 0 Å². The molecule has 0 bridgehead atoms. The van der Waals surface area contributed by atoms with E-state index in [-0.39, 0.29) is 5.91 Å². The Morgan fingerprint density at radius 2 is 1.59 bits per heavy atom. The molecule has 0 radical (unpaired) electrons. The molecule has 39 heavy (non-hydrogen) atoms. The summed E-state index contributed by atoms with van der Waals surface area (Å²) < 4.78 is 2.42. The lowest BCUT2D eigenvalue weighted by molar-refractivity contribution is 0.0951. The van der Waals surface area contributed by atoms with E-state index in [2.05, 4.69) is 39.7 Å². The predicted molar refractivity (Wildman–Crippen MR) is 169 cm³/mol. The van der Waals surface area contributed by atoms with Gasteiger partial charge in [0.25, 0.3) is 5.91 Å². The number of aryl methyl sites for hydroxylation is 2. The SMILES string of the molecule is CC.CC.CC.CCn1c2c(c3cc(C(=O)NCc4ccc5ccc(CN)nc5c4)ccc31)CCCC2.CN. The van der Waals surface area contributed by atoms with Crippen LogP contribution in [0.5, 0.6) is 0 Å². The third kappa shape index (κ3) is 8.13. The highest BCUT2D eigenvalue weighted by atomic mass is 16.1. The summed E-state index contributed by atoms with van der Waals surface area (Å²) in [5.74, 6) is -0.0422. The Balaban J connectivity index is 0.000000874. The largest absolute Gasteiger partial charge is 0.348 e. The molecule has 0 saturated heterocycles. The second-order valence-electron chi connectivity index (χ2n) is 8.32. The number of carbonyl (C=O) groups excluding carboxylic acids is 1. The molecule has 6 nitrogen and oxygen atoms in total. The maximum Gasteiger partial charge on any atom is 0.251 e. The summed E-state index contributed by atoms with van der Waals surface area (Å²) in [6, 6.07) is 16.2. The van der Waals surface area contributed by atoms with Gasteiger partial charge in [0.1, 0.15) is 0 Å². The number of nitrogens with two attached hydrogens (primary N) is 2. The molecule has 2 heterocycles. The van der Waals surface area contributed by atoms with Crippen LogP contribution in [-0.4, -0.2) is 22.5 Å². The van der Waals surface area contributed by atoms with Gasteiger partial charge in [-0.1, -0.05) is 59.7 Å². The highest BCUT2D eigenvalue weighted by molar-refractivity contribution is 5.99. The number of nitrogens with one attached hydrogen (secondary N) is 1. The maximum absolute atomic E-state index is 12.9. The summed E-state index contributed by atoms with van der Waals surface area (Å²) in [4.78, 5) is 17.5. The van der Waals surface area contributed by atoms with Crippen molar-refractivity contribution in [2.24, 2.45) is 11.5 Å². The van der Waals surface area contributed by atoms with Crippen LogP contribution in [0.2, 0.25) is 0 Å². The Kier molecular flexibility index (Phi) is 15.7. The van der Waals surface area contributed by atoms with Crippen LogP contribution < -0.4 is 16.8 Å². The molecule has 0 unspecified atom stereocenters. The number of amides is 1. The first kappa shape index (κ1) is 33.8. The lowest BCUT2D eigenvalue weighted by Crippen LogP contribution is -2.22. The van der Waals surface area contributed by atoms with Gasteiger partial charge in [0, 0.05) is 47.2 Å². The van der Waals surface area contributed by atoms with Gasteiger partial charge < -0.3 is 21.4 Å². The molecule has 6 heteroatoms. The highest BCUT2D eigenvalue weighted by Crippen LogP contribution is 2.32. The number of nitrogens with zero attached hydrogens (tertiary/aromatic N) is 2. The molecule has 5 rings (SSSR count). The van der Waals surface area contributed by atoms with Crippen LogP contribution in [0.3, 0.4) is 0 Å². The number of carbonyl (C=O) groups is 1. The summed E-state index contributed by atoms with van der Waals surface area (Å²) >= 11 is 0. The van der Waals surface area contributed by atoms with E-state index in [1.54, 1.807) is 0 Å². The number of hydrogen-bond acceptors (Lipinski definition) is 4. The first-order chi connectivity index (χ1) is 19.2. The fourth-order valence-electron chi connectivity index (χ4n) is 4.85. The lowest BCUT2D eigenvalue weighted by Gasteiger charge is -2.14. The van der Waals surface area contributed by atoms with Crippen LogP contribution in [-0.2, 0) is 32.5 Å². The molecule has 4 aromatic rings. The quantitative estimate of drug-likeness (QED) is 0.254. The van der Waals surface area contributed by atoms with Crippen molar-refractivity contribution in [3.8, 4) is 0 Å². The number of hydrogen-bond donors (Lipinski definition) is 3. The maximum atomic E-state index is 12.9. The van der Waals surface area contributed by atoms with Crippen molar-refractivity contribution < 1.29 is 4.79 Å². The Hall–Kier alpha value is -3.22. The van der Waals surface area contributed by atoms with Crippen molar-refractivity contribution in [2.75, 3.05) is 7.05 Å². The molecule has 0 spiro atoms. The minimum atomic E-state index is -0.0422. The van der Waals surface area contributed by atoms with Crippen LogP contribution in [0.15, 0.2) is 48.5 Å². The fraction of sp³-hybridized carbons (Fsp3) is 0.455. The van der Waals surface area contributed by atoms with Crippen molar-refractivity contribution >= 4 is 27.7 Å². The molecule has 0 saturated carbocycles. The Bertz CT molecular complexity index is 1290. The second-order valence-corrected chi connectivity index (χ2v) is 8.32. The summed E-state index contributed by atoms with van der Waals surface area (Å²) in [6.07, 6.45) is 4.73. The Morgan fingerprint density at radius 1 is 0.923 bits per heavy atom. The van der Waals surface area contributed by atoms with E-state index < -0.39 is 0 Å². The minimum Gasteiger partial charge on any atom is -0.348 e. The molecule has 2 aromatic heterocycles. The van der Waals surface area contributed by atoms with E-state index in [4.69, 9.17) is 5.73 Å². The molecule has 0 aliphatic heterocycles. The fourth-order valence-corrected chi connectivity index (χ4v) is 4.85. The summed E-state index contributed by atoms with van der Waals surface area (Å²) in [6.45, 7) is 16.1. The van der Waals surface area contributed by atoms with Crippen molar-refractivity contribution in [1.29, 1.82) is 0 Å². The zero-order chi connectivity index (χ0) is 29.4. The average molecular weight is 534 g/mol. The van der Waals surface area contributed by atoms with E-state index in [1.807, 2.05) is 77.9 Å². The van der Waals surface area contributed by atoms with E-state index in [1.165, 1.54) is 42.0 Å². The van der Waals surface area contributed by atoms with Crippen LogP contribution in [0.25, 0.3) is 21.8 Å². The molecule has 2 aromatic carbocycles. The molecule has 1 aliphatic carbocycles. The van der Waals surface area contributed by atoms with Gasteiger partial charge >= 0.3 is 0 Å². The van der Waals surface area contributed by atoms with Crippen molar-refractivity contribution in [3.05, 3.63) is 76.6 Å². The first-order valence-corrected chi connectivity index (χ1v) is 14.8. The second kappa shape index (κ2) is 18.1. The van der Waals surface area contributed by atoms with Crippen LogP contribution in [0.4, 0.5) is 0 Å². The third-order valence-electron chi connectivity index (χ3n) is 6.43. The van der Waals surface area contributed by atoms with Crippen LogP contribution in [0.1, 0.15) is 94.2 Å². The number of pyridine rings is 1. The van der Waals surface area contributed by atoms with Gasteiger partial charge in [-0.15, -0.1) is 0 Å². The number of rotatable bonds is 5. The number of benzene rings is 2. The van der Waals surface area contributed by atoms with Crippen molar-refractivity contribution in [3.63, 3.8) is 0 Å². The first-order valence-electron chi connectivity index (χ1n) is 14.8. The van der Waals surface area contributed by atoms with Gasteiger partial charge in [-0.3, -0.25) is 9.78 Å². The summed E-state index contributed by atoms with van der Waals surface area (Å²) in [7, 11) is 1.50. The molecule has 1 amide bonds. The average Bonchev–Trinajstić information content (AvgIpc) is 3.36. The van der Waals surface area contributed by atoms with Crippen LogP contribution in [0, 0.1) is 0 Å². The lowest BCUT2D eigenvalue weighted by atomic mass is 9.95. The van der Waals surface area contributed by atoms with Gasteiger partial charge in [-0.25, -0.2) is 0 Å². The smallest absolute Gasteiger partial charge is 0.251 e. The monoisotopic (exact) mass is 533 g/mol. The van der Waals surface area contributed by atoms with Gasteiger partial charge in [0.15, 0.2) is 0 Å². The number of aromatic nitrogens is 2. The van der Waals surface area contributed by atoms with Gasteiger partial charge in [-0.05, 0) is 81.1 Å². The van der Waals surface area contributed by atoms with Crippen molar-refractivity contribution in [1.82, 2.24) is 14.9 Å². The molecule has 1 aliphatic rings. The topological polar surface area (TPSA) is 99.0 Å². The zero-order valence-corrected chi connectivity index (χ0v) is 25.5. The molecular formula is C33H51N5O. The molecule has 214 valence electrons. The molecule has 0 fully saturated rings. The normalized spacial score (nSPS) is 11.3. The van der Waals surface area contributed by atoms with E-state index in [0.717, 1.165) is 47.1 Å². The van der Waals surface area contributed by atoms with E-state index in [0.29, 0.717) is 13.1 Å². The third-order valence-corrected chi connectivity index (χ3v) is 6.43. The Labute approximate surface area is 236 Å². The van der Waals surface area contributed by atoms with Gasteiger partial charge in [0.05, 0.1) is 11.2 Å². The van der Waals surface area contributed by atoms with Crippen molar-refractivity contribution in [2.45, 2.75) is 93.8 Å². The van der Waals surface area contributed by atoms with E-state index in [9.17, 15) is 4.79 Å². The Morgan fingerprint density at radius 3 is 2.26 bits per heavy atom. The number of fused-ring (bicyclic) bond motifs is 4. The minimum absolute atomic E-state index is 0.0422.